The molecule has 2 aromatic rings. The van der Waals surface area contributed by atoms with Crippen molar-refractivity contribution in [1.82, 2.24) is 0 Å². The number of rotatable bonds is 5. The number of anilines is 1. The average Bonchev–Trinajstić information content (AvgIpc) is 2.43. The van der Waals surface area contributed by atoms with Crippen LogP contribution in [0.15, 0.2) is 42.5 Å². The second kappa shape index (κ2) is 6.53. The lowest BCUT2D eigenvalue weighted by atomic mass is 9.98. The zero-order valence-corrected chi connectivity index (χ0v) is 11.9. The van der Waals surface area contributed by atoms with E-state index in [-0.39, 0.29) is 18.5 Å². The zero-order valence-electron chi connectivity index (χ0n) is 11.9. The molecule has 106 valence electrons. The molecule has 2 N–H and O–H groups in total. The van der Waals surface area contributed by atoms with Crippen LogP contribution >= 0.6 is 0 Å². The number of benzene rings is 2. The van der Waals surface area contributed by atoms with Crippen LogP contribution in [0.2, 0.25) is 0 Å². The lowest BCUT2D eigenvalue weighted by Gasteiger charge is -2.21. The van der Waals surface area contributed by atoms with Gasteiger partial charge in [-0.25, -0.2) is 4.39 Å². The van der Waals surface area contributed by atoms with Crippen molar-refractivity contribution in [3.05, 3.63) is 65.0 Å². The van der Waals surface area contributed by atoms with E-state index < -0.39 is 0 Å². The van der Waals surface area contributed by atoms with E-state index in [2.05, 4.69) is 18.3 Å². The monoisotopic (exact) mass is 273 g/mol. The molecule has 0 saturated heterocycles. The highest BCUT2D eigenvalue weighted by Gasteiger charge is 2.13. The summed E-state index contributed by atoms with van der Waals surface area (Å²) in [5.41, 5.74) is 3.78. The number of aryl methyl sites for hydroxylation is 2. The minimum absolute atomic E-state index is 0.0351. The van der Waals surface area contributed by atoms with E-state index in [1.807, 2.05) is 31.2 Å². The highest BCUT2D eigenvalue weighted by molar-refractivity contribution is 5.49. The first kappa shape index (κ1) is 14.5. The topological polar surface area (TPSA) is 32.3 Å². The zero-order chi connectivity index (χ0) is 14.5. The molecular weight excluding hydrogens is 253 g/mol. The molecule has 0 aliphatic carbocycles. The van der Waals surface area contributed by atoms with E-state index in [4.69, 9.17) is 0 Å². The van der Waals surface area contributed by atoms with Crippen LogP contribution in [0.5, 0.6) is 0 Å². The maximum Gasteiger partial charge on any atom is 0.125 e. The van der Waals surface area contributed by atoms with Gasteiger partial charge < -0.3 is 10.4 Å². The molecule has 3 heteroatoms. The maximum absolute atomic E-state index is 13.4. The molecule has 0 saturated carbocycles. The average molecular weight is 273 g/mol. The summed E-state index contributed by atoms with van der Waals surface area (Å²) in [7, 11) is 0. The molecule has 1 unspecified atom stereocenters. The molecule has 0 bridgehead atoms. The van der Waals surface area contributed by atoms with Crippen molar-refractivity contribution in [3.63, 3.8) is 0 Å². The van der Waals surface area contributed by atoms with Gasteiger partial charge in [0.15, 0.2) is 0 Å². The predicted octanol–water partition coefficient (Wildman–Crippen LogP) is 3.84. The molecule has 0 spiro atoms. The number of halogens is 1. The Morgan fingerprint density at radius 2 is 1.95 bits per heavy atom. The summed E-state index contributed by atoms with van der Waals surface area (Å²) in [5.74, 6) is -0.270. The minimum atomic E-state index is -0.270. The molecule has 0 heterocycles. The van der Waals surface area contributed by atoms with E-state index in [0.29, 0.717) is 5.69 Å². The Morgan fingerprint density at radius 3 is 2.60 bits per heavy atom. The van der Waals surface area contributed by atoms with Crippen LogP contribution < -0.4 is 5.32 Å². The molecule has 0 radical (unpaired) electrons. The van der Waals surface area contributed by atoms with Gasteiger partial charge in [0.25, 0.3) is 0 Å². The Kier molecular flexibility index (Phi) is 4.74. The lowest BCUT2D eigenvalue weighted by molar-refractivity contribution is 0.276. The summed E-state index contributed by atoms with van der Waals surface area (Å²) < 4.78 is 13.4. The summed E-state index contributed by atoms with van der Waals surface area (Å²) in [4.78, 5) is 0. The molecule has 20 heavy (non-hydrogen) atoms. The third-order valence-corrected chi connectivity index (χ3v) is 3.38. The van der Waals surface area contributed by atoms with Crippen molar-refractivity contribution in [2.75, 3.05) is 11.9 Å². The molecule has 0 aliphatic heterocycles. The summed E-state index contributed by atoms with van der Waals surface area (Å²) in [6.07, 6.45) is 0.899. The first-order valence-corrected chi connectivity index (χ1v) is 6.86. The second-order valence-electron chi connectivity index (χ2n) is 4.95. The molecule has 2 nitrogen and oxygen atoms in total. The number of hydrogen-bond donors (Lipinski definition) is 2. The highest BCUT2D eigenvalue weighted by Crippen LogP contribution is 2.24. The van der Waals surface area contributed by atoms with Gasteiger partial charge in [0.1, 0.15) is 5.82 Å². The number of aliphatic hydroxyl groups is 1. The Bertz CT molecular complexity index is 563. The lowest BCUT2D eigenvalue weighted by Crippen LogP contribution is -2.16. The molecule has 2 aromatic carbocycles. The fraction of sp³-hybridized carbons (Fsp3) is 0.294. The Labute approximate surface area is 119 Å². The fourth-order valence-corrected chi connectivity index (χ4v) is 2.44. The van der Waals surface area contributed by atoms with Crippen LogP contribution in [0.4, 0.5) is 10.1 Å². The van der Waals surface area contributed by atoms with Crippen LogP contribution in [-0.4, -0.2) is 11.7 Å². The SMILES string of the molecule is CCc1ccccc1C(CO)Nc1cc(C)cc(F)c1. The fourth-order valence-electron chi connectivity index (χ4n) is 2.44. The van der Waals surface area contributed by atoms with E-state index in [9.17, 15) is 9.50 Å². The highest BCUT2D eigenvalue weighted by atomic mass is 19.1. The quantitative estimate of drug-likeness (QED) is 0.867. The first-order valence-electron chi connectivity index (χ1n) is 6.86. The first-order chi connectivity index (χ1) is 9.63. The maximum atomic E-state index is 13.4. The Hall–Kier alpha value is -1.87. The summed E-state index contributed by atoms with van der Waals surface area (Å²) in [6, 6.07) is 12.6. The van der Waals surface area contributed by atoms with Gasteiger partial charge in [-0.15, -0.1) is 0 Å². The minimum Gasteiger partial charge on any atom is -0.394 e. The number of nitrogens with one attached hydrogen (secondary N) is 1. The van der Waals surface area contributed by atoms with E-state index in [1.165, 1.54) is 17.7 Å². The molecule has 0 aromatic heterocycles. The van der Waals surface area contributed by atoms with Crippen molar-refractivity contribution in [2.24, 2.45) is 0 Å². The normalized spacial score (nSPS) is 12.2. The van der Waals surface area contributed by atoms with Gasteiger partial charge in [0.05, 0.1) is 12.6 Å². The van der Waals surface area contributed by atoms with Crippen molar-refractivity contribution in [1.29, 1.82) is 0 Å². The van der Waals surface area contributed by atoms with Crippen molar-refractivity contribution in [2.45, 2.75) is 26.3 Å². The van der Waals surface area contributed by atoms with Gasteiger partial charge in [-0.05, 0) is 48.2 Å². The Morgan fingerprint density at radius 1 is 1.20 bits per heavy atom. The largest absolute Gasteiger partial charge is 0.394 e. The van der Waals surface area contributed by atoms with Gasteiger partial charge in [0, 0.05) is 5.69 Å². The van der Waals surface area contributed by atoms with Crippen LogP contribution in [0.1, 0.15) is 29.7 Å². The van der Waals surface area contributed by atoms with Gasteiger partial charge in [-0.1, -0.05) is 31.2 Å². The third-order valence-electron chi connectivity index (χ3n) is 3.38. The molecular formula is C17H20FNO. The summed E-state index contributed by atoms with van der Waals surface area (Å²) in [5, 5.41) is 12.9. The van der Waals surface area contributed by atoms with Crippen LogP contribution in [0, 0.1) is 12.7 Å². The standard InChI is InChI=1S/C17H20FNO/c1-3-13-6-4-5-7-16(13)17(11-20)19-15-9-12(2)8-14(18)10-15/h4-10,17,19-20H,3,11H2,1-2H3. The van der Waals surface area contributed by atoms with Crippen LogP contribution in [-0.2, 0) is 6.42 Å². The van der Waals surface area contributed by atoms with Crippen LogP contribution in [0.3, 0.4) is 0 Å². The second-order valence-corrected chi connectivity index (χ2v) is 4.95. The van der Waals surface area contributed by atoms with Crippen molar-refractivity contribution in [3.8, 4) is 0 Å². The summed E-state index contributed by atoms with van der Waals surface area (Å²) >= 11 is 0. The molecule has 0 amide bonds. The van der Waals surface area contributed by atoms with Crippen molar-refractivity contribution < 1.29 is 9.50 Å². The predicted molar refractivity (Wildman–Crippen MR) is 80.4 cm³/mol. The Balaban J connectivity index is 2.28. The van der Waals surface area contributed by atoms with E-state index in [0.717, 1.165) is 17.5 Å². The van der Waals surface area contributed by atoms with E-state index in [1.54, 1.807) is 0 Å². The van der Waals surface area contributed by atoms with Gasteiger partial charge >= 0.3 is 0 Å². The van der Waals surface area contributed by atoms with E-state index >= 15 is 0 Å². The smallest absolute Gasteiger partial charge is 0.125 e. The van der Waals surface area contributed by atoms with Crippen LogP contribution in [0.25, 0.3) is 0 Å². The molecule has 0 fully saturated rings. The van der Waals surface area contributed by atoms with Gasteiger partial charge in [-0.2, -0.15) is 0 Å². The third kappa shape index (κ3) is 3.36. The van der Waals surface area contributed by atoms with Gasteiger partial charge in [-0.3, -0.25) is 0 Å². The molecule has 1 atom stereocenters. The number of hydrogen-bond acceptors (Lipinski definition) is 2. The summed E-state index contributed by atoms with van der Waals surface area (Å²) in [6.45, 7) is 3.90. The molecule has 0 aliphatic rings. The van der Waals surface area contributed by atoms with Gasteiger partial charge in [0.2, 0.25) is 0 Å². The number of aliphatic hydroxyl groups excluding tert-OH is 1. The van der Waals surface area contributed by atoms with Crippen molar-refractivity contribution >= 4 is 5.69 Å². The molecule has 2 rings (SSSR count).